The van der Waals surface area contributed by atoms with Crippen LogP contribution in [0.3, 0.4) is 0 Å². The van der Waals surface area contributed by atoms with Crippen molar-refractivity contribution in [1.29, 1.82) is 0 Å². The van der Waals surface area contributed by atoms with Gasteiger partial charge in [0.1, 0.15) is 11.6 Å². The lowest BCUT2D eigenvalue weighted by molar-refractivity contribution is 0.0994. The Hall–Kier alpha value is -1.07. The Kier molecular flexibility index (Phi) is 3.92. The highest BCUT2D eigenvalue weighted by Gasteiger charge is 2.18. The standard InChI is InChI=1S/C13H9BrF2OS/c1-7-4-5-18-13(7)11(17)6-8-10(15)3-2-9(14)12(8)16/h2-5H,6H2,1H3. The minimum atomic E-state index is -0.711. The zero-order valence-electron chi connectivity index (χ0n) is 9.47. The van der Waals surface area contributed by atoms with Gasteiger partial charge in [0.25, 0.3) is 0 Å². The molecule has 0 N–H and O–H groups in total. The fourth-order valence-corrected chi connectivity index (χ4v) is 2.87. The van der Waals surface area contributed by atoms with Crippen molar-refractivity contribution in [3.05, 3.63) is 55.7 Å². The van der Waals surface area contributed by atoms with Crippen LogP contribution in [0.25, 0.3) is 0 Å². The van der Waals surface area contributed by atoms with Gasteiger partial charge in [0.2, 0.25) is 0 Å². The summed E-state index contributed by atoms with van der Waals surface area (Å²) in [6.07, 6.45) is -0.265. The number of hydrogen-bond donors (Lipinski definition) is 0. The first kappa shape index (κ1) is 13.4. The largest absolute Gasteiger partial charge is 0.293 e. The molecule has 1 aromatic carbocycles. The molecule has 0 aliphatic carbocycles. The number of Topliss-reactive ketones (excluding diaryl/α,β-unsaturated/α-hetero) is 1. The molecular formula is C13H9BrF2OS. The van der Waals surface area contributed by atoms with Crippen molar-refractivity contribution < 1.29 is 13.6 Å². The lowest BCUT2D eigenvalue weighted by atomic mass is 10.1. The Morgan fingerprint density at radius 2 is 2.06 bits per heavy atom. The lowest BCUT2D eigenvalue weighted by Crippen LogP contribution is -2.07. The number of ketones is 1. The third-order valence-electron chi connectivity index (χ3n) is 2.59. The van der Waals surface area contributed by atoms with Crippen LogP contribution >= 0.6 is 27.3 Å². The van der Waals surface area contributed by atoms with Gasteiger partial charge in [0, 0.05) is 12.0 Å². The van der Waals surface area contributed by atoms with Crippen molar-refractivity contribution in [2.24, 2.45) is 0 Å². The van der Waals surface area contributed by atoms with E-state index < -0.39 is 11.6 Å². The molecule has 5 heteroatoms. The SMILES string of the molecule is Cc1ccsc1C(=O)Cc1c(F)ccc(Br)c1F. The first-order valence-corrected chi connectivity index (χ1v) is 6.87. The fraction of sp³-hybridized carbons (Fsp3) is 0.154. The Morgan fingerprint density at radius 1 is 1.33 bits per heavy atom. The monoisotopic (exact) mass is 330 g/mol. The van der Waals surface area contributed by atoms with Crippen LogP contribution in [-0.2, 0) is 6.42 Å². The van der Waals surface area contributed by atoms with E-state index in [1.54, 1.807) is 12.3 Å². The number of halogens is 3. The molecule has 0 radical (unpaired) electrons. The van der Waals surface area contributed by atoms with E-state index in [4.69, 9.17) is 0 Å². The molecule has 1 aromatic heterocycles. The molecule has 0 saturated heterocycles. The van der Waals surface area contributed by atoms with Crippen molar-refractivity contribution in [2.45, 2.75) is 13.3 Å². The highest BCUT2D eigenvalue weighted by atomic mass is 79.9. The summed E-state index contributed by atoms with van der Waals surface area (Å²) in [5.74, 6) is -1.67. The summed E-state index contributed by atoms with van der Waals surface area (Å²) in [7, 11) is 0. The summed E-state index contributed by atoms with van der Waals surface area (Å²) in [6, 6.07) is 4.25. The van der Waals surface area contributed by atoms with E-state index in [-0.39, 0.29) is 22.2 Å². The topological polar surface area (TPSA) is 17.1 Å². The van der Waals surface area contributed by atoms with Crippen LogP contribution in [0.1, 0.15) is 20.8 Å². The van der Waals surface area contributed by atoms with Gasteiger partial charge in [-0.05, 0) is 52.0 Å². The van der Waals surface area contributed by atoms with Gasteiger partial charge in [0.15, 0.2) is 5.78 Å². The summed E-state index contributed by atoms with van der Waals surface area (Å²) >= 11 is 4.27. The molecule has 0 aliphatic heterocycles. The summed E-state index contributed by atoms with van der Waals surface area (Å²) in [4.78, 5) is 12.5. The van der Waals surface area contributed by atoms with E-state index in [1.807, 2.05) is 6.07 Å². The third kappa shape index (κ3) is 2.52. The van der Waals surface area contributed by atoms with Crippen molar-refractivity contribution >= 4 is 33.0 Å². The normalized spacial score (nSPS) is 10.7. The second-order valence-electron chi connectivity index (χ2n) is 3.85. The molecule has 1 nitrogen and oxygen atoms in total. The second-order valence-corrected chi connectivity index (χ2v) is 5.62. The highest BCUT2D eigenvalue weighted by molar-refractivity contribution is 9.10. The molecule has 1 heterocycles. The van der Waals surface area contributed by atoms with Crippen molar-refractivity contribution in [1.82, 2.24) is 0 Å². The van der Waals surface area contributed by atoms with Gasteiger partial charge in [-0.2, -0.15) is 0 Å². The predicted molar refractivity (Wildman–Crippen MR) is 71.1 cm³/mol. The molecule has 0 bridgehead atoms. The predicted octanol–water partition coefficient (Wildman–Crippen LogP) is 4.52. The van der Waals surface area contributed by atoms with Gasteiger partial charge in [-0.15, -0.1) is 11.3 Å². The molecule has 0 spiro atoms. The molecule has 18 heavy (non-hydrogen) atoms. The summed E-state index contributed by atoms with van der Waals surface area (Å²) in [5.41, 5.74) is 0.642. The van der Waals surface area contributed by atoms with Crippen molar-refractivity contribution in [2.75, 3.05) is 0 Å². The van der Waals surface area contributed by atoms with E-state index in [9.17, 15) is 13.6 Å². The van der Waals surface area contributed by atoms with E-state index in [0.717, 1.165) is 11.6 Å². The molecule has 94 valence electrons. The Balaban J connectivity index is 2.33. The van der Waals surface area contributed by atoms with Crippen LogP contribution in [0.15, 0.2) is 28.1 Å². The molecular weight excluding hydrogens is 322 g/mol. The zero-order chi connectivity index (χ0) is 13.3. The first-order chi connectivity index (χ1) is 8.50. The van der Waals surface area contributed by atoms with Gasteiger partial charge in [0.05, 0.1) is 9.35 Å². The number of carbonyl (C=O) groups is 1. The van der Waals surface area contributed by atoms with Gasteiger partial charge < -0.3 is 0 Å². The molecule has 2 rings (SSSR count). The first-order valence-electron chi connectivity index (χ1n) is 5.20. The number of hydrogen-bond acceptors (Lipinski definition) is 2. The summed E-state index contributed by atoms with van der Waals surface area (Å²) < 4.78 is 27.4. The summed E-state index contributed by atoms with van der Waals surface area (Å²) in [5, 5.41) is 1.79. The van der Waals surface area contributed by atoms with E-state index in [2.05, 4.69) is 15.9 Å². The maximum atomic E-state index is 13.7. The van der Waals surface area contributed by atoms with Gasteiger partial charge >= 0.3 is 0 Å². The smallest absolute Gasteiger partial charge is 0.177 e. The Labute approximate surface area is 116 Å². The van der Waals surface area contributed by atoms with Gasteiger partial charge in [-0.3, -0.25) is 4.79 Å². The number of thiophene rings is 1. The van der Waals surface area contributed by atoms with Crippen LogP contribution < -0.4 is 0 Å². The molecule has 0 fully saturated rings. The van der Waals surface area contributed by atoms with Gasteiger partial charge in [-0.25, -0.2) is 8.78 Å². The molecule has 2 aromatic rings. The summed E-state index contributed by atoms with van der Waals surface area (Å²) in [6.45, 7) is 1.80. The number of benzene rings is 1. The van der Waals surface area contributed by atoms with Crippen molar-refractivity contribution in [3.63, 3.8) is 0 Å². The minimum Gasteiger partial charge on any atom is -0.293 e. The lowest BCUT2D eigenvalue weighted by Gasteiger charge is -2.05. The van der Waals surface area contributed by atoms with Crippen LogP contribution in [0, 0.1) is 18.6 Å². The van der Waals surface area contributed by atoms with E-state index in [0.29, 0.717) is 4.88 Å². The quantitative estimate of drug-likeness (QED) is 0.597. The van der Waals surface area contributed by atoms with Crippen LogP contribution in [0.5, 0.6) is 0 Å². The highest BCUT2D eigenvalue weighted by Crippen LogP contribution is 2.24. The number of rotatable bonds is 3. The van der Waals surface area contributed by atoms with E-state index >= 15 is 0 Å². The maximum Gasteiger partial charge on any atom is 0.177 e. The average Bonchev–Trinajstić information content (AvgIpc) is 2.76. The Bertz CT molecular complexity index is 607. The van der Waals surface area contributed by atoms with Crippen LogP contribution in [0.4, 0.5) is 8.78 Å². The van der Waals surface area contributed by atoms with Gasteiger partial charge in [-0.1, -0.05) is 0 Å². The van der Waals surface area contributed by atoms with Crippen molar-refractivity contribution in [3.8, 4) is 0 Å². The molecule has 0 amide bonds. The fourth-order valence-electron chi connectivity index (χ4n) is 1.63. The molecule has 0 aliphatic rings. The Morgan fingerprint density at radius 3 is 2.67 bits per heavy atom. The molecule has 0 saturated carbocycles. The molecule has 0 atom stereocenters. The van der Waals surface area contributed by atoms with Crippen LogP contribution in [0.2, 0.25) is 0 Å². The zero-order valence-corrected chi connectivity index (χ0v) is 11.9. The molecule has 0 unspecified atom stereocenters. The third-order valence-corrected chi connectivity index (χ3v) is 4.26. The van der Waals surface area contributed by atoms with Crippen LogP contribution in [-0.4, -0.2) is 5.78 Å². The average molecular weight is 331 g/mol. The number of carbonyl (C=O) groups excluding carboxylic acids is 1. The number of aryl methyl sites for hydroxylation is 1. The maximum absolute atomic E-state index is 13.7. The minimum absolute atomic E-state index is 0.162. The second kappa shape index (κ2) is 5.28. The van der Waals surface area contributed by atoms with E-state index in [1.165, 1.54) is 17.4 Å².